The molecule has 138 valence electrons. The Morgan fingerprint density at radius 1 is 1.24 bits per heavy atom. The first kappa shape index (κ1) is 18.3. The number of benzene rings is 1. The van der Waals surface area contributed by atoms with E-state index in [-0.39, 0.29) is 23.1 Å². The Morgan fingerprint density at radius 3 is 2.56 bits per heavy atom. The molecule has 1 saturated heterocycles. The van der Waals surface area contributed by atoms with Gasteiger partial charge in [-0.15, -0.1) is 0 Å². The number of nitrogens with two attached hydrogens (primary N) is 1. The first-order chi connectivity index (χ1) is 11.9. The van der Waals surface area contributed by atoms with Crippen molar-refractivity contribution in [3.63, 3.8) is 0 Å². The van der Waals surface area contributed by atoms with Gasteiger partial charge in [-0.05, 0) is 50.3 Å². The van der Waals surface area contributed by atoms with E-state index in [1.807, 2.05) is 19.1 Å². The molecule has 1 heterocycles. The van der Waals surface area contributed by atoms with Crippen molar-refractivity contribution in [1.82, 2.24) is 5.32 Å². The smallest absolute Gasteiger partial charge is 0.224 e. The monoisotopic (exact) mass is 348 g/mol. The lowest BCUT2D eigenvalue weighted by Gasteiger charge is -2.40. The molecule has 5 heteroatoms. The zero-order chi connectivity index (χ0) is 17.9. The second-order valence-electron chi connectivity index (χ2n) is 7.92. The molecule has 2 unspecified atom stereocenters. The van der Waals surface area contributed by atoms with Gasteiger partial charge in [0, 0.05) is 30.7 Å². The highest BCUT2D eigenvalue weighted by molar-refractivity contribution is 5.80. The highest BCUT2D eigenvalue weighted by Crippen LogP contribution is 2.35. The topological polar surface area (TPSA) is 64.4 Å². The Morgan fingerprint density at radius 2 is 1.92 bits per heavy atom. The van der Waals surface area contributed by atoms with Gasteiger partial charge in [0.2, 0.25) is 5.91 Å². The van der Waals surface area contributed by atoms with E-state index in [0.29, 0.717) is 19.8 Å². The van der Waals surface area contributed by atoms with Gasteiger partial charge in [0.25, 0.3) is 0 Å². The maximum absolute atomic E-state index is 13.3. The lowest BCUT2D eigenvalue weighted by Crippen LogP contribution is -2.54. The number of amides is 1. The van der Waals surface area contributed by atoms with Gasteiger partial charge in [0.05, 0.1) is 5.92 Å². The van der Waals surface area contributed by atoms with Crippen LogP contribution in [-0.2, 0) is 14.9 Å². The summed E-state index contributed by atoms with van der Waals surface area (Å²) in [5, 5.41) is 3.16. The lowest BCUT2D eigenvalue weighted by molar-refractivity contribution is -0.128. The molecule has 0 aromatic heterocycles. The minimum absolute atomic E-state index is 0.0534. The molecular weight excluding hydrogens is 319 g/mol. The molecule has 3 N–H and O–H groups in total. The average Bonchev–Trinajstić information content (AvgIpc) is 2.61. The summed E-state index contributed by atoms with van der Waals surface area (Å²) in [6.45, 7) is 3.85. The quantitative estimate of drug-likeness (QED) is 0.879. The molecule has 1 saturated carbocycles. The minimum Gasteiger partial charge on any atom is -0.381 e. The van der Waals surface area contributed by atoms with Gasteiger partial charge >= 0.3 is 0 Å². The molecule has 2 atom stereocenters. The standard InChI is InChI=1S/C20H29FN2O2/c1-19(22)9-3-2-4-17(19)18(24)23-14-20(10-12-25-13-11-20)15-5-7-16(21)8-6-15/h5-8,17H,2-4,9-14,22H2,1H3,(H,23,24). The fourth-order valence-electron chi connectivity index (χ4n) is 4.30. The molecule has 1 aromatic carbocycles. The van der Waals surface area contributed by atoms with E-state index < -0.39 is 5.54 Å². The number of nitrogens with one attached hydrogen (secondary N) is 1. The number of hydrogen-bond acceptors (Lipinski definition) is 3. The van der Waals surface area contributed by atoms with E-state index in [1.165, 1.54) is 12.1 Å². The van der Waals surface area contributed by atoms with Gasteiger partial charge in [-0.25, -0.2) is 4.39 Å². The fourth-order valence-corrected chi connectivity index (χ4v) is 4.30. The van der Waals surface area contributed by atoms with Crippen molar-refractivity contribution in [1.29, 1.82) is 0 Å². The molecular formula is C20H29FN2O2. The number of halogens is 1. The van der Waals surface area contributed by atoms with E-state index in [0.717, 1.165) is 44.1 Å². The molecule has 1 amide bonds. The predicted octanol–water partition coefficient (Wildman–Crippen LogP) is 2.90. The van der Waals surface area contributed by atoms with E-state index >= 15 is 0 Å². The number of carbonyl (C=O) groups is 1. The zero-order valence-electron chi connectivity index (χ0n) is 15.0. The number of rotatable bonds is 4. The molecule has 1 aliphatic heterocycles. The van der Waals surface area contributed by atoms with Crippen molar-refractivity contribution in [3.05, 3.63) is 35.6 Å². The fraction of sp³-hybridized carbons (Fsp3) is 0.650. The van der Waals surface area contributed by atoms with Crippen LogP contribution in [0.25, 0.3) is 0 Å². The second-order valence-corrected chi connectivity index (χ2v) is 7.92. The number of hydrogen-bond donors (Lipinski definition) is 2. The summed E-state index contributed by atoms with van der Waals surface area (Å²) in [6, 6.07) is 6.65. The Hall–Kier alpha value is -1.46. The van der Waals surface area contributed by atoms with Crippen molar-refractivity contribution < 1.29 is 13.9 Å². The largest absolute Gasteiger partial charge is 0.381 e. The van der Waals surface area contributed by atoms with Crippen LogP contribution in [0.15, 0.2) is 24.3 Å². The number of ether oxygens (including phenoxy) is 1. The van der Waals surface area contributed by atoms with Gasteiger partial charge < -0.3 is 15.8 Å². The Balaban J connectivity index is 1.73. The summed E-state index contributed by atoms with van der Waals surface area (Å²) in [6.07, 6.45) is 5.54. The summed E-state index contributed by atoms with van der Waals surface area (Å²) in [5.41, 5.74) is 6.81. The van der Waals surface area contributed by atoms with Crippen LogP contribution in [-0.4, -0.2) is 31.2 Å². The second kappa shape index (κ2) is 7.42. The summed E-state index contributed by atoms with van der Waals surface area (Å²) in [7, 11) is 0. The normalized spacial score (nSPS) is 29.2. The Kier molecular flexibility index (Phi) is 5.44. The SMILES string of the molecule is CC1(N)CCCCC1C(=O)NCC1(c2ccc(F)cc2)CCOCC1. The van der Waals surface area contributed by atoms with Crippen molar-refractivity contribution >= 4 is 5.91 Å². The van der Waals surface area contributed by atoms with Crippen LogP contribution in [0, 0.1) is 11.7 Å². The summed E-state index contributed by atoms with van der Waals surface area (Å²) >= 11 is 0. The average molecular weight is 348 g/mol. The van der Waals surface area contributed by atoms with Gasteiger partial charge in [-0.3, -0.25) is 4.79 Å². The van der Waals surface area contributed by atoms with Crippen LogP contribution in [0.1, 0.15) is 51.0 Å². The molecule has 0 bridgehead atoms. The molecule has 0 radical (unpaired) electrons. The van der Waals surface area contributed by atoms with Crippen molar-refractivity contribution in [2.45, 2.75) is 56.4 Å². The maximum Gasteiger partial charge on any atom is 0.224 e. The van der Waals surface area contributed by atoms with E-state index in [2.05, 4.69) is 5.32 Å². The zero-order valence-corrected chi connectivity index (χ0v) is 15.0. The molecule has 1 aliphatic carbocycles. The maximum atomic E-state index is 13.3. The third-order valence-electron chi connectivity index (χ3n) is 6.08. The first-order valence-corrected chi connectivity index (χ1v) is 9.33. The molecule has 3 rings (SSSR count). The predicted molar refractivity (Wildman–Crippen MR) is 95.7 cm³/mol. The van der Waals surface area contributed by atoms with E-state index in [4.69, 9.17) is 10.5 Å². The van der Waals surface area contributed by atoms with Crippen molar-refractivity contribution in [2.24, 2.45) is 11.7 Å². The molecule has 1 aromatic rings. The van der Waals surface area contributed by atoms with Crippen LogP contribution in [0.3, 0.4) is 0 Å². The van der Waals surface area contributed by atoms with Gasteiger partial charge in [0.1, 0.15) is 5.82 Å². The Labute approximate surface area is 149 Å². The first-order valence-electron chi connectivity index (χ1n) is 9.33. The van der Waals surface area contributed by atoms with Crippen LogP contribution in [0.2, 0.25) is 0 Å². The van der Waals surface area contributed by atoms with Crippen LogP contribution >= 0.6 is 0 Å². The van der Waals surface area contributed by atoms with Gasteiger partial charge in [-0.1, -0.05) is 25.0 Å². The van der Waals surface area contributed by atoms with Crippen LogP contribution in [0.4, 0.5) is 4.39 Å². The third kappa shape index (κ3) is 4.04. The summed E-state index contributed by atoms with van der Waals surface area (Å²) < 4.78 is 18.8. The van der Waals surface area contributed by atoms with Crippen molar-refractivity contribution in [2.75, 3.05) is 19.8 Å². The van der Waals surface area contributed by atoms with E-state index in [9.17, 15) is 9.18 Å². The number of carbonyl (C=O) groups excluding carboxylic acids is 1. The van der Waals surface area contributed by atoms with Crippen LogP contribution in [0.5, 0.6) is 0 Å². The molecule has 4 nitrogen and oxygen atoms in total. The minimum atomic E-state index is -0.430. The molecule has 2 fully saturated rings. The third-order valence-corrected chi connectivity index (χ3v) is 6.08. The summed E-state index contributed by atoms with van der Waals surface area (Å²) in [4.78, 5) is 12.8. The van der Waals surface area contributed by atoms with Gasteiger partial charge in [-0.2, -0.15) is 0 Å². The van der Waals surface area contributed by atoms with Crippen LogP contribution < -0.4 is 11.1 Å². The van der Waals surface area contributed by atoms with Crippen molar-refractivity contribution in [3.8, 4) is 0 Å². The highest BCUT2D eigenvalue weighted by atomic mass is 19.1. The van der Waals surface area contributed by atoms with E-state index in [1.54, 1.807) is 0 Å². The molecule has 2 aliphatic rings. The lowest BCUT2D eigenvalue weighted by atomic mass is 9.72. The Bertz CT molecular complexity index is 594. The highest BCUT2D eigenvalue weighted by Gasteiger charge is 2.40. The molecule has 25 heavy (non-hydrogen) atoms. The van der Waals surface area contributed by atoms with Gasteiger partial charge in [0.15, 0.2) is 0 Å². The molecule has 0 spiro atoms. The summed E-state index contributed by atoms with van der Waals surface area (Å²) in [5.74, 6) is -0.319.